The molecular formula is C14H32N2O. The van der Waals surface area contributed by atoms with Gasteiger partial charge in [-0.25, -0.2) is 0 Å². The van der Waals surface area contributed by atoms with Crippen molar-refractivity contribution in [2.24, 2.45) is 11.7 Å². The lowest BCUT2D eigenvalue weighted by molar-refractivity contribution is 0.0137. The lowest BCUT2D eigenvalue weighted by Crippen LogP contribution is -2.56. The first-order chi connectivity index (χ1) is 7.97. The molecule has 17 heavy (non-hydrogen) atoms. The minimum atomic E-state index is -0.259. The van der Waals surface area contributed by atoms with E-state index in [9.17, 15) is 5.11 Å². The molecule has 0 aromatic rings. The zero-order valence-electron chi connectivity index (χ0n) is 12.4. The second-order valence-corrected chi connectivity index (χ2v) is 5.39. The summed E-state index contributed by atoms with van der Waals surface area (Å²) < 4.78 is 0. The molecule has 0 aromatic carbocycles. The van der Waals surface area contributed by atoms with E-state index >= 15 is 0 Å². The molecule has 0 amide bonds. The second kappa shape index (κ2) is 8.06. The van der Waals surface area contributed by atoms with Crippen LogP contribution in [0.1, 0.15) is 53.9 Å². The minimum Gasteiger partial charge on any atom is -0.392 e. The van der Waals surface area contributed by atoms with Gasteiger partial charge in [0.05, 0.1) is 6.10 Å². The molecule has 0 fully saturated rings. The molecule has 1 unspecified atom stereocenters. The van der Waals surface area contributed by atoms with E-state index in [1.807, 2.05) is 0 Å². The zero-order valence-corrected chi connectivity index (χ0v) is 12.4. The number of hydrogen-bond donors (Lipinski definition) is 2. The Bertz CT molecular complexity index is 182. The highest BCUT2D eigenvalue weighted by atomic mass is 16.3. The van der Waals surface area contributed by atoms with Crippen molar-refractivity contribution in [3.05, 3.63) is 0 Å². The summed E-state index contributed by atoms with van der Waals surface area (Å²) in [4.78, 5) is 2.40. The molecule has 0 aliphatic heterocycles. The molecule has 0 aromatic heterocycles. The molecule has 0 aliphatic carbocycles. The normalized spacial score (nSPS) is 14.6. The van der Waals surface area contributed by atoms with E-state index in [2.05, 4.69) is 39.5 Å². The van der Waals surface area contributed by atoms with E-state index in [0.717, 1.165) is 32.4 Å². The van der Waals surface area contributed by atoms with E-state index < -0.39 is 0 Å². The van der Waals surface area contributed by atoms with E-state index in [4.69, 9.17) is 5.73 Å². The van der Waals surface area contributed by atoms with Crippen LogP contribution in [0.15, 0.2) is 0 Å². The number of rotatable bonds is 9. The number of β-amino-alcohol motifs (C(OH)–C–C–N with tert-alkyl or cyclic N) is 1. The van der Waals surface area contributed by atoms with Crippen molar-refractivity contribution in [1.29, 1.82) is 0 Å². The van der Waals surface area contributed by atoms with Crippen LogP contribution in [0.2, 0.25) is 0 Å². The van der Waals surface area contributed by atoms with Gasteiger partial charge in [-0.1, -0.05) is 34.6 Å². The van der Waals surface area contributed by atoms with Crippen LogP contribution < -0.4 is 5.73 Å². The Hall–Kier alpha value is -0.120. The number of aliphatic hydroxyl groups is 1. The quantitative estimate of drug-likeness (QED) is 0.654. The summed E-state index contributed by atoms with van der Waals surface area (Å²) in [5.74, 6) is 0.304. The monoisotopic (exact) mass is 244 g/mol. The van der Waals surface area contributed by atoms with Crippen LogP contribution in [0.3, 0.4) is 0 Å². The van der Waals surface area contributed by atoms with Gasteiger partial charge in [0.1, 0.15) is 0 Å². The number of nitrogens with two attached hydrogens (primary N) is 1. The zero-order chi connectivity index (χ0) is 13.5. The first kappa shape index (κ1) is 16.9. The summed E-state index contributed by atoms with van der Waals surface area (Å²) >= 11 is 0. The van der Waals surface area contributed by atoms with Crippen LogP contribution >= 0.6 is 0 Å². The van der Waals surface area contributed by atoms with E-state index in [-0.39, 0.29) is 11.6 Å². The molecule has 3 nitrogen and oxygen atoms in total. The molecule has 0 heterocycles. The Kier molecular flexibility index (Phi) is 8.01. The van der Waals surface area contributed by atoms with Crippen molar-refractivity contribution in [2.45, 2.75) is 65.5 Å². The van der Waals surface area contributed by atoms with Crippen LogP contribution in [0.25, 0.3) is 0 Å². The maximum absolute atomic E-state index is 10.1. The van der Waals surface area contributed by atoms with Crippen LogP contribution in [0.5, 0.6) is 0 Å². The fourth-order valence-electron chi connectivity index (χ4n) is 2.34. The smallest absolute Gasteiger partial charge is 0.0690 e. The molecule has 1 atom stereocenters. The predicted octanol–water partition coefficient (Wildman–Crippen LogP) is 2.23. The van der Waals surface area contributed by atoms with Crippen molar-refractivity contribution >= 4 is 0 Å². The maximum atomic E-state index is 10.1. The fourth-order valence-corrected chi connectivity index (χ4v) is 2.34. The lowest BCUT2D eigenvalue weighted by atomic mass is 9.89. The number of aliphatic hydroxyl groups excluding tert-OH is 1. The van der Waals surface area contributed by atoms with E-state index in [0.29, 0.717) is 12.5 Å². The minimum absolute atomic E-state index is 0.0614. The van der Waals surface area contributed by atoms with Crippen LogP contribution in [0, 0.1) is 5.92 Å². The summed E-state index contributed by atoms with van der Waals surface area (Å²) in [6.45, 7) is 13.1. The van der Waals surface area contributed by atoms with Gasteiger partial charge in [0.2, 0.25) is 0 Å². The Morgan fingerprint density at radius 2 is 1.71 bits per heavy atom. The van der Waals surface area contributed by atoms with Gasteiger partial charge in [-0.2, -0.15) is 0 Å². The number of hydrogen-bond acceptors (Lipinski definition) is 3. The highest BCUT2D eigenvalue weighted by molar-refractivity contribution is 4.90. The van der Waals surface area contributed by atoms with Gasteiger partial charge in [-0.05, 0) is 31.7 Å². The maximum Gasteiger partial charge on any atom is 0.0690 e. The molecule has 104 valence electrons. The largest absolute Gasteiger partial charge is 0.392 e. The first-order valence-corrected chi connectivity index (χ1v) is 7.10. The standard InChI is InChI=1S/C14H32N2O/c1-6-9-16(10-13(17)12(4)5)14(7-2,8-3)11-15/h12-13,17H,6-11,15H2,1-5H3. The van der Waals surface area contributed by atoms with Gasteiger partial charge < -0.3 is 10.8 Å². The highest BCUT2D eigenvalue weighted by Crippen LogP contribution is 2.24. The summed E-state index contributed by atoms with van der Waals surface area (Å²) in [6.07, 6.45) is 2.94. The SMILES string of the molecule is CCCN(CC(O)C(C)C)C(CC)(CC)CN. The topological polar surface area (TPSA) is 49.5 Å². The van der Waals surface area contributed by atoms with Crippen molar-refractivity contribution in [3.63, 3.8) is 0 Å². The Labute approximate surface area is 107 Å². The summed E-state index contributed by atoms with van der Waals surface area (Å²) in [7, 11) is 0. The lowest BCUT2D eigenvalue weighted by Gasteiger charge is -2.44. The molecule has 0 aliphatic rings. The summed E-state index contributed by atoms with van der Waals surface area (Å²) in [6, 6.07) is 0. The van der Waals surface area contributed by atoms with Gasteiger partial charge in [-0.3, -0.25) is 4.90 Å². The van der Waals surface area contributed by atoms with Gasteiger partial charge in [0, 0.05) is 18.6 Å². The van der Waals surface area contributed by atoms with Crippen LogP contribution in [-0.2, 0) is 0 Å². The number of nitrogens with zero attached hydrogens (tertiary/aromatic N) is 1. The molecule has 3 N–H and O–H groups in total. The Balaban J connectivity index is 4.79. The molecular weight excluding hydrogens is 212 g/mol. The van der Waals surface area contributed by atoms with Crippen molar-refractivity contribution in [2.75, 3.05) is 19.6 Å². The van der Waals surface area contributed by atoms with Crippen molar-refractivity contribution < 1.29 is 5.11 Å². The predicted molar refractivity (Wildman–Crippen MR) is 75.1 cm³/mol. The molecule has 3 heteroatoms. The third kappa shape index (κ3) is 4.57. The van der Waals surface area contributed by atoms with Gasteiger partial charge in [-0.15, -0.1) is 0 Å². The third-order valence-corrected chi connectivity index (χ3v) is 4.04. The van der Waals surface area contributed by atoms with Gasteiger partial charge in [0.15, 0.2) is 0 Å². The van der Waals surface area contributed by atoms with Crippen molar-refractivity contribution in [3.8, 4) is 0 Å². The second-order valence-electron chi connectivity index (χ2n) is 5.39. The first-order valence-electron chi connectivity index (χ1n) is 7.10. The summed E-state index contributed by atoms with van der Waals surface area (Å²) in [5.41, 5.74) is 6.05. The van der Waals surface area contributed by atoms with Crippen LogP contribution in [-0.4, -0.2) is 41.3 Å². The van der Waals surface area contributed by atoms with Gasteiger partial charge >= 0.3 is 0 Å². The molecule has 0 rings (SSSR count). The molecule has 0 spiro atoms. The summed E-state index contributed by atoms with van der Waals surface area (Å²) in [5, 5.41) is 10.1. The molecule has 0 saturated carbocycles. The highest BCUT2D eigenvalue weighted by Gasteiger charge is 2.32. The van der Waals surface area contributed by atoms with Crippen molar-refractivity contribution in [1.82, 2.24) is 4.90 Å². The average Bonchev–Trinajstić information content (AvgIpc) is 2.32. The van der Waals surface area contributed by atoms with Crippen LogP contribution in [0.4, 0.5) is 0 Å². The Morgan fingerprint density at radius 1 is 1.18 bits per heavy atom. The third-order valence-electron chi connectivity index (χ3n) is 4.04. The van der Waals surface area contributed by atoms with Gasteiger partial charge in [0.25, 0.3) is 0 Å². The molecule has 0 bridgehead atoms. The average molecular weight is 244 g/mol. The van der Waals surface area contributed by atoms with E-state index in [1.54, 1.807) is 0 Å². The molecule has 0 saturated heterocycles. The Morgan fingerprint density at radius 3 is 2.00 bits per heavy atom. The molecule has 0 radical (unpaired) electrons. The van der Waals surface area contributed by atoms with E-state index in [1.165, 1.54) is 0 Å². The fraction of sp³-hybridized carbons (Fsp3) is 1.00.